The molecule has 1 aromatic rings. The zero-order valence-corrected chi connectivity index (χ0v) is 12.5. The summed E-state index contributed by atoms with van der Waals surface area (Å²) in [7, 11) is 0. The molecule has 0 radical (unpaired) electrons. The molecule has 2 atom stereocenters. The molecule has 118 valence electrons. The monoisotopic (exact) mass is 297 g/mol. The molecular formula is C13H23N5O3. The lowest BCUT2D eigenvalue weighted by molar-refractivity contribution is -0.0106. The van der Waals surface area contributed by atoms with Crippen LogP contribution in [0.25, 0.3) is 0 Å². The fourth-order valence-electron chi connectivity index (χ4n) is 2.21. The molecule has 0 bridgehead atoms. The largest absolute Gasteiger partial charge is 0.394 e. The van der Waals surface area contributed by atoms with Crippen molar-refractivity contribution in [2.24, 2.45) is 5.84 Å². The zero-order valence-electron chi connectivity index (χ0n) is 12.5. The standard InChI is InChI=1S/C13H23N5O3/c1-3-20-8-12-15-11(17-14)4-13(16-12)18-5-10(6-19)21-7-9(18)2/h4,9-10,19H,3,5-8,14H2,1-2H3,(H,15,16,17). The van der Waals surface area contributed by atoms with Gasteiger partial charge in [0.2, 0.25) is 0 Å². The highest BCUT2D eigenvalue weighted by Gasteiger charge is 2.27. The van der Waals surface area contributed by atoms with Crippen molar-refractivity contribution in [3.63, 3.8) is 0 Å². The third-order valence-corrected chi connectivity index (χ3v) is 3.35. The molecule has 1 aliphatic heterocycles. The van der Waals surface area contributed by atoms with Crippen molar-refractivity contribution < 1.29 is 14.6 Å². The van der Waals surface area contributed by atoms with Crippen LogP contribution in [0.4, 0.5) is 11.6 Å². The van der Waals surface area contributed by atoms with E-state index >= 15 is 0 Å². The first-order chi connectivity index (χ1) is 10.2. The molecule has 4 N–H and O–H groups in total. The van der Waals surface area contributed by atoms with Gasteiger partial charge in [-0.1, -0.05) is 0 Å². The van der Waals surface area contributed by atoms with Gasteiger partial charge in [0.1, 0.15) is 18.2 Å². The van der Waals surface area contributed by atoms with E-state index in [0.29, 0.717) is 38.0 Å². The average Bonchev–Trinajstić information content (AvgIpc) is 2.53. The van der Waals surface area contributed by atoms with E-state index in [2.05, 4.69) is 20.3 Å². The summed E-state index contributed by atoms with van der Waals surface area (Å²) >= 11 is 0. The number of nitrogens with two attached hydrogens (primary N) is 1. The lowest BCUT2D eigenvalue weighted by atomic mass is 10.2. The molecule has 0 aromatic carbocycles. The molecule has 21 heavy (non-hydrogen) atoms. The Morgan fingerprint density at radius 1 is 1.57 bits per heavy atom. The van der Waals surface area contributed by atoms with Crippen molar-refractivity contribution in [3.05, 3.63) is 11.9 Å². The third-order valence-electron chi connectivity index (χ3n) is 3.35. The van der Waals surface area contributed by atoms with Gasteiger partial charge in [0.15, 0.2) is 5.82 Å². The van der Waals surface area contributed by atoms with Gasteiger partial charge in [0.25, 0.3) is 0 Å². The highest BCUT2D eigenvalue weighted by atomic mass is 16.5. The van der Waals surface area contributed by atoms with E-state index in [0.717, 1.165) is 5.82 Å². The number of nitrogens with one attached hydrogen (secondary N) is 1. The molecule has 8 heteroatoms. The van der Waals surface area contributed by atoms with Gasteiger partial charge in [0.05, 0.1) is 25.4 Å². The van der Waals surface area contributed by atoms with Crippen LogP contribution >= 0.6 is 0 Å². The lowest BCUT2D eigenvalue weighted by Crippen LogP contribution is -2.50. The van der Waals surface area contributed by atoms with Gasteiger partial charge in [-0.25, -0.2) is 15.8 Å². The Hall–Kier alpha value is -1.48. The number of aromatic nitrogens is 2. The van der Waals surface area contributed by atoms with Crippen LogP contribution in [-0.4, -0.2) is 53.6 Å². The van der Waals surface area contributed by atoms with Crippen LogP contribution in [0.1, 0.15) is 19.7 Å². The van der Waals surface area contributed by atoms with E-state index in [1.807, 2.05) is 13.8 Å². The molecule has 2 unspecified atom stereocenters. The van der Waals surface area contributed by atoms with E-state index in [4.69, 9.17) is 15.3 Å². The normalized spacial score (nSPS) is 22.4. The molecular weight excluding hydrogens is 274 g/mol. The Morgan fingerprint density at radius 3 is 3.05 bits per heavy atom. The van der Waals surface area contributed by atoms with Gasteiger partial charge in [-0.2, -0.15) is 0 Å². The third kappa shape index (κ3) is 4.01. The van der Waals surface area contributed by atoms with Gasteiger partial charge >= 0.3 is 0 Å². The molecule has 1 aromatic heterocycles. The number of hydrogen-bond donors (Lipinski definition) is 3. The van der Waals surface area contributed by atoms with Gasteiger partial charge in [-0.15, -0.1) is 0 Å². The molecule has 0 aliphatic carbocycles. The predicted molar refractivity (Wildman–Crippen MR) is 78.8 cm³/mol. The minimum absolute atomic E-state index is 0.0118. The predicted octanol–water partition coefficient (Wildman–Crippen LogP) is -0.115. The zero-order chi connectivity index (χ0) is 15.2. The summed E-state index contributed by atoms with van der Waals surface area (Å²) in [6, 6.07) is 1.94. The summed E-state index contributed by atoms with van der Waals surface area (Å²) in [5.74, 6) is 7.33. The SMILES string of the molecule is CCOCc1nc(NN)cc(N2CC(CO)OCC2C)n1. The second-order valence-electron chi connectivity index (χ2n) is 4.95. The molecule has 1 saturated heterocycles. The quantitative estimate of drug-likeness (QED) is 0.493. The van der Waals surface area contributed by atoms with Crippen molar-refractivity contribution in [3.8, 4) is 0 Å². The van der Waals surface area contributed by atoms with Crippen molar-refractivity contribution in [2.45, 2.75) is 32.6 Å². The highest BCUT2D eigenvalue weighted by Crippen LogP contribution is 2.22. The first-order valence-corrected chi connectivity index (χ1v) is 7.09. The van der Waals surface area contributed by atoms with Gasteiger partial charge in [0, 0.05) is 19.2 Å². The summed E-state index contributed by atoms with van der Waals surface area (Å²) in [5, 5.41) is 9.28. The average molecular weight is 297 g/mol. The second kappa shape index (κ2) is 7.51. The molecule has 2 rings (SSSR count). The Labute approximate surface area is 124 Å². The van der Waals surface area contributed by atoms with Crippen molar-refractivity contribution in [1.29, 1.82) is 0 Å². The Morgan fingerprint density at radius 2 is 2.38 bits per heavy atom. The molecule has 2 heterocycles. The smallest absolute Gasteiger partial charge is 0.158 e. The number of nitrogen functional groups attached to an aromatic ring is 1. The molecule has 1 aliphatic rings. The molecule has 8 nitrogen and oxygen atoms in total. The van der Waals surface area contributed by atoms with Crippen LogP contribution in [0.15, 0.2) is 6.07 Å². The number of anilines is 2. The summed E-state index contributed by atoms with van der Waals surface area (Å²) in [4.78, 5) is 10.9. The van der Waals surface area contributed by atoms with E-state index in [-0.39, 0.29) is 18.8 Å². The second-order valence-corrected chi connectivity index (χ2v) is 4.95. The van der Waals surface area contributed by atoms with Crippen LogP contribution < -0.4 is 16.2 Å². The number of hydrogen-bond acceptors (Lipinski definition) is 8. The van der Waals surface area contributed by atoms with Crippen molar-refractivity contribution >= 4 is 11.6 Å². The van der Waals surface area contributed by atoms with Crippen LogP contribution in [0.5, 0.6) is 0 Å². The first kappa shape index (κ1) is 15.9. The molecule has 0 amide bonds. The van der Waals surface area contributed by atoms with Crippen LogP contribution in [0, 0.1) is 0 Å². The van der Waals surface area contributed by atoms with Crippen LogP contribution in [0.2, 0.25) is 0 Å². The van der Waals surface area contributed by atoms with Crippen LogP contribution in [-0.2, 0) is 16.1 Å². The summed E-state index contributed by atoms with van der Waals surface area (Å²) in [6.07, 6.45) is -0.208. The van der Waals surface area contributed by atoms with Gasteiger partial charge < -0.3 is 24.9 Å². The maximum Gasteiger partial charge on any atom is 0.158 e. The fourth-order valence-corrected chi connectivity index (χ4v) is 2.21. The van der Waals surface area contributed by atoms with Crippen molar-refractivity contribution in [2.75, 3.05) is 36.7 Å². The number of hydrazine groups is 1. The van der Waals surface area contributed by atoms with E-state index in [1.54, 1.807) is 6.07 Å². The fraction of sp³-hybridized carbons (Fsp3) is 0.692. The Bertz CT molecular complexity index is 459. The number of morpholine rings is 1. The molecule has 0 spiro atoms. The summed E-state index contributed by atoms with van der Waals surface area (Å²) in [5.41, 5.74) is 2.55. The number of aliphatic hydroxyl groups excluding tert-OH is 1. The first-order valence-electron chi connectivity index (χ1n) is 7.09. The van der Waals surface area contributed by atoms with E-state index in [1.165, 1.54) is 0 Å². The molecule has 0 saturated carbocycles. The molecule has 1 fully saturated rings. The minimum Gasteiger partial charge on any atom is -0.394 e. The highest BCUT2D eigenvalue weighted by molar-refractivity contribution is 5.50. The topological polar surface area (TPSA) is 106 Å². The number of aliphatic hydroxyl groups is 1. The van der Waals surface area contributed by atoms with E-state index < -0.39 is 0 Å². The maximum atomic E-state index is 9.28. The Balaban J connectivity index is 2.23. The van der Waals surface area contributed by atoms with E-state index in [9.17, 15) is 5.11 Å². The lowest BCUT2D eigenvalue weighted by Gasteiger charge is -2.38. The summed E-state index contributed by atoms with van der Waals surface area (Å²) < 4.78 is 10.9. The Kier molecular flexibility index (Phi) is 5.68. The van der Waals surface area contributed by atoms with Crippen LogP contribution in [0.3, 0.4) is 0 Å². The maximum absolute atomic E-state index is 9.28. The summed E-state index contributed by atoms with van der Waals surface area (Å²) in [6.45, 7) is 6.01. The number of nitrogens with zero attached hydrogens (tertiary/aromatic N) is 3. The van der Waals surface area contributed by atoms with Gasteiger partial charge in [-0.05, 0) is 13.8 Å². The number of rotatable bonds is 6. The van der Waals surface area contributed by atoms with Gasteiger partial charge in [-0.3, -0.25) is 0 Å². The minimum atomic E-state index is -0.208. The van der Waals surface area contributed by atoms with Crippen molar-refractivity contribution in [1.82, 2.24) is 9.97 Å². The number of ether oxygens (including phenoxy) is 2.